The zero-order chi connectivity index (χ0) is 22.5. The van der Waals surface area contributed by atoms with Crippen molar-refractivity contribution in [3.8, 4) is 29.1 Å². The van der Waals surface area contributed by atoms with E-state index in [9.17, 15) is 10.1 Å². The van der Waals surface area contributed by atoms with Crippen molar-refractivity contribution in [1.82, 2.24) is 5.16 Å². The number of carbonyl (C=O) groups is 1. The minimum atomic E-state index is -0.595. The first kappa shape index (κ1) is 20.8. The zero-order valence-electron chi connectivity index (χ0n) is 17.4. The summed E-state index contributed by atoms with van der Waals surface area (Å²) in [5.74, 6) is 2.55. The molecule has 32 heavy (non-hydrogen) atoms. The molecule has 0 saturated carbocycles. The zero-order valence-corrected chi connectivity index (χ0v) is 17.4. The van der Waals surface area contributed by atoms with Gasteiger partial charge in [-0.15, -0.1) is 0 Å². The maximum Gasteiger partial charge on any atom is 0.267 e. The molecule has 0 spiro atoms. The highest BCUT2D eigenvalue weighted by Gasteiger charge is 2.15. The molecule has 0 fully saturated rings. The third-order valence-electron chi connectivity index (χ3n) is 4.56. The average Bonchev–Trinajstić information content (AvgIpc) is 3.44. The highest BCUT2D eigenvalue weighted by molar-refractivity contribution is 6.09. The van der Waals surface area contributed by atoms with Crippen molar-refractivity contribution >= 4 is 17.8 Å². The van der Waals surface area contributed by atoms with E-state index in [1.165, 1.54) is 13.2 Å². The molecule has 0 aliphatic carbocycles. The predicted octanol–water partition coefficient (Wildman–Crippen LogP) is 3.85. The Hall–Kier alpha value is -4.45. The number of aryl methyl sites for hydroxylation is 1. The van der Waals surface area contributed by atoms with Gasteiger partial charge in [0, 0.05) is 6.07 Å². The standard InChI is InChI=1S/C23H19N3O6/c1-14-7-22(26-32-14)25-23(27)17(11-24)8-15-3-5-18(20(9-15)28-2)29-12-16-4-6-19-21(10-16)31-13-30-19/h3-10H,12-13H2,1-2H3,(H,25,26,27)/b17-8-. The summed E-state index contributed by atoms with van der Waals surface area (Å²) in [6.45, 7) is 2.21. The van der Waals surface area contributed by atoms with Crippen LogP contribution in [0, 0.1) is 18.3 Å². The van der Waals surface area contributed by atoms with Gasteiger partial charge in [-0.05, 0) is 48.4 Å². The van der Waals surface area contributed by atoms with Crippen LogP contribution in [0.5, 0.6) is 23.0 Å². The van der Waals surface area contributed by atoms with Crippen LogP contribution in [0.4, 0.5) is 5.82 Å². The monoisotopic (exact) mass is 433 g/mol. The quantitative estimate of drug-likeness (QED) is 0.441. The van der Waals surface area contributed by atoms with E-state index < -0.39 is 5.91 Å². The normalized spacial score (nSPS) is 12.2. The van der Waals surface area contributed by atoms with E-state index in [0.29, 0.717) is 40.9 Å². The maximum atomic E-state index is 12.4. The second-order valence-corrected chi connectivity index (χ2v) is 6.83. The van der Waals surface area contributed by atoms with Crippen molar-refractivity contribution in [2.45, 2.75) is 13.5 Å². The number of aromatic nitrogens is 1. The van der Waals surface area contributed by atoms with Gasteiger partial charge in [0.15, 0.2) is 28.8 Å². The van der Waals surface area contributed by atoms with Gasteiger partial charge < -0.3 is 28.8 Å². The Kier molecular flexibility index (Phi) is 5.94. The number of rotatable bonds is 7. The molecule has 2 heterocycles. The second kappa shape index (κ2) is 9.14. The fraction of sp³-hybridized carbons (Fsp3) is 0.174. The van der Waals surface area contributed by atoms with Gasteiger partial charge in [-0.25, -0.2) is 0 Å². The van der Waals surface area contributed by atoms with E-state index >= 15 is 0 Å². The van der Waals surface area contributed by atoms with E-state index in [4.69, 9.17) is 23.5 Å². The van der Waals surface area contributed by atoms with Gasteiger partial charge in [0.1, 0.15) is 24.0 Å². The number of hydrogen-bond donors (Lipinski definition) is 1. The van der Waals surface area contributed by atoms with Gasteiger partial charge >= 0.3 is 0 Å². The van der Waals surface area contributed by atoms with Crippen LogP contribution in [0.15, 0.2) is 52.6 Å². The number of nitrogens with one attached hydrogen (secondary N) is 1. The number of amides is 1. The van der Waals surface area contributed by atoms with Crippen LogP contribution in [0.1, 0.15) is 16.9 Å². The topological polar surface area (TPSA) is 116 Å². The van der Waals surface area contributed by atoms with E-state index in [1.807, 2.05) is 24.3 Å². The van der Waals surface area contributed by atoms with Gasteiger partial charge in [0.2, 0.25) is 6.79 Å². The van der Waals surface area contributed by atoms with Crippen molar-refractivity contribution in [2.75, 3.05) is 19.2 Å². The molecule has 3 aromatic rings. The fourth-order valence-corrected chi connectivity index (χ4v) is 3.01. The molecule has 0 unspecified atom stereocenters. The molecular formula is C23H19N3O6. The molecule has 0 radical (unpaired) electrons. The molecule has 9 heteroatoms. The van der Waals surface area contributed by atoms with E-state index in [-0.39, 0.29) is 18.2 Å². The fourth-order valence-electron chi connectivity index (χ4n) is 3.01. The highest BCUT2D eigenvalue weighted by atomic mass is 16.7. The highest BCUT2D eigenvalue weighted by Crippen LogP contribution is 2.34. The lowest BCUT2D eigenvalue weighted by atomic mass is 10.1. The third kappa shape index (κ3) is 4.65. The van der Waals surface area contributed by atoms with Crippen molar-refractivity contribution < 1.29 is 28.3 Å². The number of nitriles is 1. The minimum Gasteiger partial charge on any atom is -0.493 e. The first-order valence-corrected chi connectivity index (χ1v) is 9.61. The Morgan fingerprint density at radius 2 is 2.03 bits per heavy atom. The molecule has 1 amide bonds. The molecule has 1 aromatic heterocycles. The lowest BCUT2D eigenvalue weighted by Crippen LogP contribution is -2.13. The van der Waals surface area contributed by atoms with Crippen LogP contribution in [-0.4, -0.2) is 25.0 Å². The molecular weight excluding hydrogens is 414 g/mol. The number of fused-ring (bicyclic) bond motifs is 1. The summed E-state index contributed by atoms with van der Waals surface area (Å²) in [4.78, 5) is 12.4. The van der Waals surface area contributed by atoms with Gasteiger partial charge in [0.25, 0.3) is 5.91 Å². The Morgan fingerprint density at radius 1 is 1.19 bits per heavy atom. The van der Waals surface area contributed by atoms with Crippen LogP contribution < -0.4 is 24.3 Å². The van der Waals surface area contributed by atoms with E-state index in [0.717, 1.165) is 5.56 Å². The summed E-state index contributed by atoms with van der Waals surface area (Å²) in [6.07, 6.45) is 1.45. The molecule has 1 aliphatic rings. The lowest BCUT2D eigenvalue weighted by Gasteiger charge is -2.12. The number of methoxy groups -OCH3 is 1. The molecule has 162 valence electrons. The third-order valence-corrected chi connectivity index (χ3v) is 4.56. The summed E-state index contributed by atoms with van der Waals surface area (Å²) in [5.41, 5.74) is 1.41. The first-order valence-electron chi connectivity index (χ1n) is 9.61. The molecule has 0 atom stereocenters. The van der Waals surface area contributed by atoms with E-state index in [1.54, 1.807) is 31.2 Å². The van der Waals surface area contributed by atoms with Crippen LogP contribution in [0.2, 0.25) is 0 Å². The van der Waals surface area contributed by atoms with Gasteiger partial charge in [-0.3, -0.25) is 4.79 Å². The van der Waals surface area contributed by atoms with Crippen molar-refractivity contribution in [3.63, 3.8) is 0 Å². The first-order chi connectivity index (χ1) is 15.6. The van der Waals surface area contributed by atoms with Crippen LogP contribution in [0.3, 0.4) is 0 Å². The minimum absolute atomic E-state index is 0.0956. The maximum absolute atomic E-state index is 12.4. The molecule has 0 bridgehead atoms. The Morgan fingerprint density at radius 3 is 2.78 bits per heavy atom. The second-order valence-electron chi connectivity index (χ2n) is 6.83. The summed E-state index contributed by atoms with van der Waals surface area (Å²) < 4.78 is 26.9. The number of anilines is 1. The van der Waals surface area contributed by atoms with Crippen molar-refractivity contribution in [2.24, 2.45) is 0 Å². The van der Waals surface area contributed by atoms with Gasteiger partial charge in [0.05, 0.1) is 7.11 Å². The summed E-state index contributed by atoms with van der Waals surface area (Å²) in [5, 5.41) is 15.6. The van der Waals surface area contributed by atoms with Gasteiger partial charge in [-0.1, -0.05) is 17.3 Å². The number of carbonyl (C=O) groups excluding carboxylic acids is 1. The number of ether oxygens (including phenoxy) is 4. The number of benzene rings is 2. The van der Waals surface area contributed by atoms with Crippen LogP contribution in [0.25, 0.3) is 6.08 Å². The van der Waals surface area contributed by atoms with Crippen molar-refractivity contribution in [3.05, 3.63) is 64.9 Å². The Bertz CT molecular complexity index is 1220. The summed E-state index contributed by atoms with van der Waals surface area (Å²) in [7, 11) is 1.51. The number of hydrogen-bond acceptors (Lipinski definition) is 8. The summed E-state index contributed by atoms with van der Waals surface area (Å²) >= 11 is 0. The lowest BCUT2D eigenvalue weighted by molar-refractivity contribution is -0.112. The molecule has 4 rings (SSSR count). The largest absolute Gasteiger partial charge is 0.493 e. The Balaban J connectivity index is 1.47. The molecule has 1 N–H and O–H groups in total. The van der Waals surface area contributed by atoms with E-state index in [2.05, 4.69) is 10.5 Å². The van der Waals surface area contributed by atoms with Crippen LogP contribution >= 0.6 is 0 Å². The summed E-state index contributed by atoms with van der Waals surface area (Å²) in [6, 6.07) is 14.2. The molecule has 0 saturated heterocycles. The average molecular weight is 433 g/mol. The Labute approximate surface area is 183 Å². The van der Waals surface area contributed by atoms with Gasteiger partial charge in [-0.2, -0.15) is 5.26 Å². The predicted molar refractivity (Wildman–Crippen MR) is 113 cm³/mol. The molecule has 9 nitrogen and oxygen atoms in total. The smallest absolute Gasteiger partial charge is 0.267 e. The van der Waals surface area contributed by atoms with Crippen molar-refractivity contribution in [1.29, 1.82) is 5.26 Å². The molecule has 1 aliphatic heterocycles. The van der Waals surface area contributed by atoms with Crippen LogP contribution in [-0.2, 0) is 11.4 Å². The molecule has 2 aromatic carbocycles. The SMILES string of the molecule is COc1cc(/C=C(/C#N)C(=O)Nc2cc(C)on2)ccc1OCc1ccc2c(c1)OCO2. The number of nitrogens with zero attached hydrogens (tertiary/aromatic N) is 2.